The second-order valence-electron chi connectivity index (χ2n) is 2.70. The molecule has 4 nitrogen and oxygen atoms in total. The third-order valence-electron chi connectivity index (χ3n) is 1.72. The Labute approximate surface area is 93.5 Å². The summed E-state index contributed by atoms with van der Waals surface area (Å²) in [6.07, 6.45) is 2.65. The summed E-state index contributed by atoms with van der Waals surface area (Å²) in [6, 6.07) is 0. The molecular formula is C8H8BrN3OS. The van der Waals surface area contributed by atoms with E-state index in [0.717, 1.165) is 11.3 Å². The van der Waals surface area contributed by atoms with Crippen LogP contribution in [0, 0.1) is 0 Å². The molecule has 0 aromatic carbocycles. The standard InChI is InChI=1S/C8H8BrN3OS/c1-2-5(9)8-11-7(12-13-8)6-3-10-4-14-6/h3-5H,2H2,1H3. The average Bonchev–Trinajstić information content (AvgIpc) is 2.86. The van der Waals surface area contributed by atoms with Crippen molar-refractivity contribution >= 4 is 27.3 Å². The quantitative estimate of drug-likeness (QED) is 0.807. The van der Waals surface area contributed by atoms with Crippen molar-refractivity contribution < 1.29 is 4.52 Å². The van der Waals surface area contributed by atoms with Gasteiger partial charge in [-0.25, -0.2) is 0 Å². The summed E-state index contributed by atoms with van der Waals surface area (Å²) < 4.78 is 5.11. The SMILES string of the molecule is CCC(Br)c1nc(-c2cncs2)no1. The Kier molecular flexibility index (Phi) is 2.93. The zero-order valence-corrected chi connectivity index (χ0v) is 9.88. The van der Waals surface area contributed by atoms with E-state index in [2.05, 4.69) is 38.0 Å². The van der Waals surface area contributed by atoms with Gasteiger partial charge in [0.15, 0.2) is 0 Å². The van der Waals surface area contributed by atoms with Gasteiger partial charge in [-0.3, -0.25) is 4.98 Å². The van der Waals surface area contributed by atoms with Crippen LogP contribution in [0.1, 0.15) is 24.1 Å². The smallest absolute Gasteiger partial charge is 0.240 e. The molecule has 2 aromatic heterocycles. The van der Waals surface area contributed by atoms with Crippen molar-refractivity contribution in [1.82, 2.24) is 15.1 Å². The molecule has 0 bridgehead atoms. The summed E-state index contributed by atoms with van der Waals surface area (Å²) in [5.74, 6) is 1.23. The molecule has 74 valence electrons. The zero-order valence-electron chi connectivity index (χ0n) is 7.48. The predicted octanol–water partition coefficient (Wildman–Crippen LogP) is 3.04. The number of hydrogen-bond acceptors (Lipinski definition) is 5. The molecule has 1 unspecified atom stereocenters. The lowest BCUT2D eigenvalue weighted by atomic mass is 10.3. The molecule has 0 spiro atoms. The van der Waals surface area contributed by atoms with E-state index < -0.39 is 0 Å². The number of nitrogens with zero attached hydrogens (tertiary/aromatic N) is 3. The molecule has 0 aliphatic rings. The van der Waals surface area contributed by atoms with Gasteiger partial charge in [0.2, 0.25) is 11.7 Å². The lowest BCUT2D eigenvalue weighted by Gasteiger charge is -1.96. The van der Waals surface area contributed by atoms with Gasteiger partial charge < -0.3 is 4.52 Å². The van der Waals surface area contributed by atoms with Gasteiger partial charge >= 0.3 is 0 Å². The van der Waals surface area contributed by atoms with E-state index in [0.29, 0.717) is 11.7 Å². The van der Waals surface area contributed by atoms with Crippen molar-refractivity contribution in [3.63, 3.8) is 0 Å². The fraction of sp³-hybridized carbons (Fsp3) is 0.375. The maximum absolute atomic E-state index is 5.11. The molecular weight excluding hydrogens is 266 g/mol. The molecule has 2 rings (SSSR count). The zero-order chi connectivity index (χ0) is 9.97. The summed E-state index contributed by atoms with van der Waals surface area (Å²) in [5, 5.41) is 3.88. The lowest BCUT2D eigenvalue weighted by molar-refractivity contribution is 0.377. The number of thiazole rings is 1. The number of alkyl halides is 1. The van der Waals surface area contributed by atoms with Crippen LogP contribution in [0.25, 0.3) is 10.7 Å². The number of hydrogen-bond donors (Lipinski definition) is 0. The molecule has 2 heterocycles. The lowest BCUT2D eigenvalue weighted by Crippen LogP contribution is -1.86. The monoisotopic (exact) mass is 273 g/mol. The van der Waals surface area contributed by atoms with Gasteiger partial charge in [-0.2, -0.15) is 4.98 Å². The third kappa shape index (κ3) is 1.85. The van der Waals surface area contributed by atoms with Crippen molar-refractivity contribution in [2.75, 3.05) is 0 Å². The average molecular weight is 274 g/mol. The van der Waals surface area contributed by atoms with E-state index in [1.807, 2.05) is 0 Å². The first-order valence-electron chi connectivity index (χ1n) is 4.17. The van der Waals surface area contributed by atoms with E-state index in [1.165, 1.54) is 11.3 Å². The van der Waals surface area contributed by atoms with Crippen LogP contribution in [0.15, 0.2) is 16.2 Å². The van der Waals surface area contributed by atoms with Crippen LogP contribution in [0.3, 0.4) is 0 Å². The summed E-state index contributed by atoms with van der Waals surface area (Å²) >= 11 is 4.95. The highest BCUT2D eigenvalue weighted by molar-refractivity contribution is 9.09. The fourth-order valence-electron chi connectivity index (χ4n) is 0.963. The molecule has 2 aromatic rings. The maximum atomic E-state index is 5.11. The van der Waals surface area contributed by atoms with E-state index in [-0.39, 0.29) is 4.83 Å². The van der Waals surface area contributed by atoms with Crippen molar-refractivity contribution in [2.45, 2.75) is 18.2 Å². The second-order valence-corrected chi connectivity index (χ2v) is 4.69. The van der Waals surface area contributed by atoms with Crippen molar-refractivity contribution in [3.05, 3.63) is 17.6 Å². The van der Waals surface area contributed by atoms with Gasteiger partial charge in [-0.05, 0) is 6.42 Å². The Hall–Kier alpha value is -0.750. The first-order chi connectivity index (χ1) is 6.81. The molecule has 0 amide bonds. The molecule has 0 aliphatic heterocycles. The van der Waals surface area contributed by atoms with E-state index >= 15 is 0 Å². The van der Waals surface area contributed by atoms with Gasteiger partial charge in [0, 0.05) is 6.20 Å². The van der Waals surface area contributed by atoms with Crippen LogP contribution < -0.4 is 0 Å². The highest BCUT2D eigenvalue weighted by atomic mass is 79.9. The van der Waals surface area contributed by atoms with E-state index in [4.69, 9.17) is 4.52 Å². The van der Waals surface area contributed by atoms with Crippen LogP contribution in [0.2, 0.25) is 0 Å². The minimum Gasteiger partial charge on any atom is -0.338 e. The Morgan fingerprint density at radius 3 is 3.14 bits per heavy atom. The largest absolute Gasteiger partial charge is 0.338 e. The number of aromatic nitrogens is 3. The maximum Gasteiger partial charge on any atom is 0.240 e. The van der Waals surface area contributed by atoms with Gasteiger partial charge in [0.05, 0.1) is 15.2 Å². The highest BCUT2D eigenvalue weighted by Gasteiger charge is 2.15. The van der Waals surface area contributed by atoms with Gasteiger partial charge in [0.1, 0.15) is 0 Å². The molecule has 0 saturated carbocycles. The Morgan fingerprint density at radius 1 is 1.64 bits per heavy atom. The van der Waals surface area contributed by atoms with Gasteiger partial charge in [-0.1, -0.05) is 28.0 Å². The molecule has 6 heteroatoms. The number of rotatable bonds is 3. The first kappa shape index (κ1) is 9.79. The van der Waals surface area contributed by atoms with Crippen LogP contribution in [0.4, 0.5) is 0 Å². The van der Waals surface area contributed by atoms with E-state index in [9.17, 15) is 0 Å². The van der Waals surface area contributed by atoms with Crippen molar-refractivity contribution in [1.29, 1.82) is 0 Å². The normalized spacial score (nSPS) is 13.0. The molecule has 1 atom stereocenters. The minimum atomic E-state index is 0.136. The van der Waals surface area contributed by atoms with Crippen LogP contribution in [-0.2, 0) is 0 Å². The summed E-state index contributed by atoms with van der Waals surface area (Å²) in [7, 11) is 0. The topological polar surface area (TPSA) is 51.8 Å². The molecule has 0 aliphatic carbocycles. The summed E-state index contributed by atoms with van der Waals surface area (Å²) in [5.41, 5.74) is 1.75. The van der Waals surface area contributed by atoms with Gasteiger partial charge in [-0.15, -0.1) is 11.3 Å². The van der Waals surface area contributed by atoms with Crippen LogP contribution in [-0.4, -0.2) is 15.1 Å². The van der Waals surface area contributed by atoms with Crippen molar-refractivity contribution in [3.8, 4) is 10.7 Å². The first-order valence-corrected chi connectivity index (χ1v) is 5.97. The van der Waals surface area contributed by atoms with E-state index in [1.54, 1.807) is 11.7 Å². The molecule has 0 radical (unpaired) electrons. The van der Waals surface area contributed by atoms with Crippen LogP contribution in [0.5, 0.6) is 0 Å². The second kappa shape index (κ2) is 4.18. The van der Waals surface area contributed by atoms with Crippen molar-refractivity contribution in [2.24, 2.45) is 0 Å². The predicted molar refractivity (Wildman–Crippen MR) is 57.4 cm³/mol. The molecule has 0 fully saturated rings. The highest BCUT2D eigenvalue weighted by Crippen LogP contribution is 2.27. The minimum absolute atomic E-state index is 0.136. The third-order valence-corrected chi connectivity index (χ3v) is 3.53. The van der Waals surface area contributed by atoms with Crippen LogP contribution >= 0.6 is 27.3 Å². The summed E-state index contributed by atoms with van der Waals surface area (Å²) in [4.78, 5) is 9.29. The number of halogens is 1. The fourth-order valence-corrected chi connectivity index (χ4v) is 1.69. The Bertz CT molecular complexity index is 400. The molecule has 14 heavy (non-hydrogen) atoms. The van der Waals surface area contributed by atoms with Gasteiger partial charge in [0.25, 0.3) is 0 Å². The Morgan fingerprint density at radius 2 is 2.50 bits per heavy atom. The summed E-state index contributed by atoms with van der Waals surface area (Å²) in [6.45, 7) is 2.05. The Balaban J connectivity index is 2.26. The molecule has 0 N–H and O–H groups in total. The molecule has 0 saturated heterocycles.